The highest BCUT2D eigenvalue weighted by molar-refractivity contribution is 5.91. The van der Waals surface area contributed by atoms with Crippen molar-refractivity contribution in [3.8, 4) is 0 Å². The highest BCUT2D eigenvalue weighted by atomic mass is 16.1. The first-order valence-electron chi connectivity index (χ1n) is 5.14. The summed E-state index contributed by atoms with van der Waals surface area (Å²) in [6.45, 7) is 4.15. The summed E-state index contributed by atoms with van der Waals surface area (Å²) in [5.41, 5.74) is 5.14. The van der Waals surface area contributed by atoms with E-state index in [1.807, 2.05) is 6.92 Å². The van der Waals surface area contributed by atoms with Gasteiger partial charge in [-0.25, -0.2) is 0 Å². The normalized spacial score (nSPS) is 13.4. The minimum Gasteiger partial charge on any atom is -0.404 e. The number of carbonyl (C=O) groups is 1. The third-order valence-corrected chi connectivity index (χ3v) is 2.24. The number of nitrogens with two attached hydrogens (primary N) is 1. The third kappa shape index (κ3) is 6.38. The van der Waals surface area contributed by atoms with Crippen LogP contribution >= 0.6 is 0 Å². The molecule has 76 valence electrons. The maximum atomic E-state index is 11.2. The van der Waals surface area contributed by atoms with E-state index in [1.165, 1.54) is 31.5 Å². The summed E-state index contributed by atoms with van der Waals surface area (Å²) in [5, 5.41) is 0. The molecule has 0 aliphatic heterocycles. The lowest BCUT2D eigenvalue weighted by molar-refractivity contribution is -0.117. The molecule has 0 aliphatic rings. The fraction of sp³-hybridized carbons (Fsp3) is 0.727. The molecule has 0 rings (SSSR count). The summed E-state index contributed by atoms with van der Waals surface area (Å²) in [6.07, 6.45) is 8.68. The Morgan fingerprint density at radius 2 is 2.08 bits per heavy atom. The topological polar surface area (TPSA) is 43.1 Å². The van der Waals surface area contributed by atoms with Crippen LogP contribution in [0.1, 0.15) is 46.0 Å². The average Bonchev–Trinajstić information content (AvgIpc) is 2.12. The van der Waals surface area contributed by atoms with Crippen LogP contribution in [0.25, 0.3) is 0 Å². The van der Waals surface area contributed by atoms with E-state index in [-0.39, 0.29) is 11.7 Å². The maximum Gasteiger partial charge on any atom is 0.159 e. The molecule has 2 heteroatoms. The van der Waals surface area contributed by atoms with Crippen molar-refractivity contribution in [3.63, 3.8) is 0 Å². The second-order valence-electron chi connectivity index (χ2n) is 3.51. The minimum atomic E-state index is 0.136. The van der Waals surface area contributed by atoms with Crippen LogP contribution in [0.2, 0.25) is 0 Å². The van der Waals surface area contributed by atoms with Crippen LogP contribution in [0.4, 0.5) is 0 Å². The fourth-order valence-electron chi connectivity index (χ4n) is 1.28. The molecule has 2 nitrogen and oxygen atoms in total. The van der Waals surface area contributed by atoms with Gasteiger partial charge in [-0.15, -0.1) is 0 Å². The van der Waals surface area contributed by atoms with Gasteiger partial charge in [0, 0.05) is 5.92 Å². The van der Waals surface area contributed by atoms with Gasteiger partial charge in [0.05, 0.1) is 0 Å². The quantitative estimate of drug-likeness (QED) is 0.487. The number of ketones is 1. The molecule has 0 spiro atoms. The van der Waals surface area contributed by atoms with Gasteiger partial charge in [-0.2, -0.15) is 0 Å². The SMILES string of the molecule is CCCCCCC(C)C(=O)/C=C\N. The summed E-state index contributed by atoms with van der Waals surface area (Å²) in [5.74, 6) is 0.288. The van der Waals surface area contributed by atoms with Gasteiger partial charge < -0.3 is 5.73 Å². The Kier molecular flexibility index (Phi) is 7.36. The minimum absolute atomic E-state index is 0.136. The molecule has 13 heavy (non-hydrogen) atoms. The second kappa shape index (κ2) is 7.84. The summed E-state index contributed by atoms with van der Waals surface area (Å²) in [7, 11) is 0. The molecule has 0 heterocycles. The van der Waals surface area contributed by atoms with Crippen LogP contribution in [-0.4, -0.2) is 5.78 Å². The predicted molar refractivity (Wildman–Crippen MR) is 56.3 cm³/mol. The van der Waals surface area contributed by atoms with Crippen LogP contribution in [0, 0.1) is 5.92 Å². The first kappa shape index (κ1) is 12.2. The van der Waals surface area contributed by atoms with E-state index in [0.29, 0.717) is 0 Å². The van der Waals surface area contributed by atoms with Crippen molar-refractivity contribution in [2.75, 3.05) is 0 Å². The Bertz CT molecular complexity index is 163. The molecule has 0 aromatic carbocycles. The van der Waals surface area contributed by atoms with E-state index in [4.69, 9.17) is 5.73 Å². The van der Waals surface area contributed by atoms with Crippen LogP contribution in [0.5, 0.6) is 0 Å². The van der Waals surface area contributed by atoms with E-state index in [1.54, 1.807) is 0 Å². The van der Waals surface area contributed by atoms with Crippen molar-refractivity contribution >= 4 is 5.78 Å². The van der Waals surface area contributed by atoms with Crippen molar-refractivity contribution in [1.82, 2.24) is 0 Å². The number of hydrogen-bond donors (Lipinski definition) is 1. The van der Waals surface area contributed by atoms with E-state index in [9.17, 15) is 4.79 Å². The Balaban J connectivity index is 3.50. The molecule has 0 saturated carbocycles. The summed E-state index contributed by atoms with van der Waals surface area (Å²) < 4.78 is 0. The lowest BCUT2D eigenvalue weighted by Crippen LogP contribution is -2.08. The average molecular weight is 183 g/mol. The van der Waals surface area contributed by atoms with Crippen molar-refractivity contribution in [2.45, 2.75) is 46.0 Å². The Hall–Kier alpha value is -0.790. The van der Waals surface area contributed by atoms with Gasteiger partial charge in [0.15, 0.2) is 5.78 Å². The molecular weight excluding hydrogens is 162 g/mol. The number of carbonyl (C=O) groups excluding carboxylic acids is 1. The van der Waals surface area contributed by atoms with Crippen LogP contribution in [-0.2, 0) is 4.79 Å². The number of hydrogen-bond acceptors (Lipinski definition) is 2. The molecule has 1 unspecified atom stereocenters. The third-order valence-electron chi connectivity index (χ3n) is 2.24. The van der Waals surface area contributed by atoms with Crippen LogP contribution in [0.15, 0.2) is 12.3 Å². The molecule has 0 aliphatic carbocycles. The van der Waals surface area contributed by atoms with E-state index in [2.05, 4.69) is 6.92 Å². The van der Waals surface area contributed by atoms with E-state index in [0.717, 1.165) is 12.8 Å². The predicted octanol–water partition coefficient (Wildman–Crippen LogP) is 2.63. The smallest absolute Gasteiger partial charge is 0.159 e. The zero-order chi connectivity index (χ0) is 10.1. The molecule has 0 radical (unpaired) electrons. The van der Waals surface area contributed by atoms with Crippen molar-refractivity contribution in [1.29, 1.82) is 0 Å². The van der Waals surface area contributed by atoms with Gasteiger partial charge in [0.25, 0.3) is 0 Å². The first-order chi connectivity index (χ1) is 6.22. The summed E-state index contributed by atoms with van der Waals surface area (Å²) >= 11 is 0. The lowest BCUT2D eigenvalue weighted by atomic mass is 9.98. The van der Waals surface area contributed by atoms with Gasteiger partial charge in [-0.05, 0) is 18.7 Å². The van der Waals surface area contributed by atoms with E-state index >= 15 is 0 Å². The maximum absolute atomic E-state index is 11.2. The molecule has 2 N–H and O–H groups in total. The first-order valence-corrected chi connectivity index (χ1v) is 5.14. The second-order valence-corrected chi connectivity index (χ2v) is 3.51. The molecule has 0 bridgehead atoms. The number of unbranched alkanes of at least 4 members (excludes halogenated alkanes) is 3. The van der Waals surface area contributed by atoms with Crippen LogP contribution < -0.4 is 5.73 Å². The van der Waals surface area contributed by atoms with E-state index < -0.39 is 0 Å². The molecular formula is C11H21NO. The highest BCUT2D eigenvalue weighted by Crippen LogP contribution is 2.11. The molecule has 1 atom stereocenters. The Labute approximate surface area is 81.2 Å². The fourth-order valence-corrected chi connectivity index (χ4v) is 1.28. The number of rotatable bonds is 7. The Morgan fingerprint density at radius 3 is 2.62 bits per heavy atom. The van der Waals surface area contributed by atoms with Crippen molar-refractivity contribution in [2.24, 2.45) is 11.7 Å². The molecule has 0 saturated heterocycles. The summed E-state index contributed by atoms with van der Waals surface area (Å²) in [6, 6.07) is 0. The molecule has 0 fully saturated rings. The monoisotopic (exact) mass is 183 g/mol. The number of allylic oxidation sites excluding steroid dienone is 1. The van der Waals surface area contributed by atoms with Gasteiger partial charge in [0.2, 0.25) is 0 Å². The standard InChI is InChI=1S/C11H21NO/c1-3-4-5-6-7-10(2)11(13)8-9-12/h8-10H,3-7,12H2,1-2H3/b9-8-. The molecule has 0 aromatic rings. The van der Waals surface area contributed by atoms with Gasteiger partial charge >= 0.3 is 0 Å². The zero-order valence-electron chi connectivity index (χ0n) is 8.75. The highest BCUT2D eigenvalue weighted by Gasteiger charge is 2.08. The lowest BCUT2D eigenvalue weighted by Gasteiger charge is -2.06. The van der Waals surface area contributed by atoms with Crippen molar-refractivity contribution in [3.05, 3.63) is 12.3 Å². The Morgan fingerprint density at radius 1 is 1.38 bits per heavy atom. The molecule has 0 amide bonds. The van der Waals surface area contributed by atoms with Crippen LogP contribution in [0.3, 0.4) is 0 Å². The largest absolute Gasteiger partial charge is 0.404 e. The van der Waals surface area contributed by atoms with Gasteiger partial charge in [0.1, 0.15) is 0 Å². The molecule has 0 aromatic heterocycles. The summed E-state index contributed by atoms with van der Waals surface area (Å²) in [4.78, 5) is 11.2. The zero-order valence-corrected chi connectivity index (χ0v) is 8.75. The van der Waals surface area contributed by atoms with Gasteiger partial charge in [-0.3, -0.25) is 4.79 Å². The van der Waals surface area contributed by atoms with Crippen molar-refractivity contribution < 1.29 is 4.79 Å². The van der Waals surface area contributed by atoms with Gasteiger partial charge in [-0.1, -0.05) is 39.5 Å².